The van der Waals surface area contributed by atoms with Crippen LogP contribution in [0.3, 0.4) is 0 Å². The van der Waals surface area contributed by atoms with Crippen molar-refractivity contribution in [2.24, 2.45) is 5.73 Å². The first-order valence-corrected chi connectivity index (χ1v) is 6.87. The Morgan fingerprint density at radius 2 is 1.81 bits per heavy atom. The Morgan fingerprint density at radius 1 is 1.10 bits per heavy atom. The lowest BCUT2D eigenvalue weighted by Crippen LogP contribution is -2.20. The summed E-state index contributed by atoms with van der Waals surface area (Å²) in [5.41, 5.74) is 7.93. The molecule has 0 fully saturated rings. The molecule has 1 atom stereocenters. The summed E-state index contributed by atoms with van der Waals surface area (Å²) in [6.07, 6.45) is 0.915. The fourth-order valence-electron chi connectivity index (χ4n) is 2.49. The van der Waals surface area contributed by atoms with E-state index in [-0.39, 0.29) is 6.04 Å². The summed E-state index contributed by atoms with van der Waals surface area (Å²) < 4.78 is 5.65. The van der Waals surface area contributed by atoms with Gasteiger partial charge < -0.3 is 21.1 Å². The topological polar surface area (TPSA) is 76.4 Å². The Hall–Kier alpha value is -2.69. The van der Waals surface area contributed by atoms with Gasteiger partial charge in [-0.1, -0.05) is 18.2 Å². The van der Waals surface area contributed by atoms with E-state index < -0.39 is 6.03 Å². The van der Waals surface area contributed by atoms with Crippen LogP contribution in [0.5, 0.6) is 5.75 Å². The molecule has 1 heterocycles. The van der Waals surface area contributed by atoms with Crippen LogP contribution in [0.25, 0.3) is 0 Å². The summed E-state index contributed by atoms with van der Waals surface area (Å²) in [6, 6.07) is 15.2. The van der Waals surface area contributed by atoms with E-state index in [4.69, 9.17) is 10.5 Å². The van der Waals surface area contributed by atoms with Gasteiger partial charge in [0.2, 0.25) is 0 Å². The van der Waals surface area contributed by atoms with E-state index in [2.05, 4.69) is 16.7 Å². The lowest BCUT2D eigenvalue weighted by atomic mass is 10.0. The molecule has 5 heteroatoms. The van der Waals surface area contributed by atoms with Crippen molar-refractivity contribution in [2.45, 2.75) is 12.5 Å². The molecular formula is C16H17N3O2. The summed E-state index contributed by atoms with van der Waals surface area (Å²) in [4.78, 5) is 10.8. The SMILES string of the molecule is NC(=O)Nc1ccc(NC2CCOc3ccccc32)cc1. The maximum atomic E-state index is 10.8. The zero-order chi connectivity index (χ0) is 14.7. The fraction of sp³-hybridized carbons (Fsp3) is 0.188. The van der Waals surface area contributed by atoms with E-state index in [9.17, 15) is 4.79 Å². The number of nitrogens with two attached hydrogens (primary N) is 1. The molecule has 1 unspecified atom stereocenters. The van der Waals surface area contributed by atoms with Gasteiger partial charge in [0.25, 0.3) is 0 Å². The third-order valence-corrected chi connectivity index (χ3v) is 3.45. The lowest BCUT2D eigenvalue weighted by molar-refractivity contribution is 0.259. The van der Waals surface area contributed by atoms with Crippen LogP contribution in [-0.4, -0.2) is 12.6 Å². The summed E-state index contributed by atoms with van der Waals surface area (Å²) in [5.74, 6) is 0.938. The number of anilines is 2. The minimum atomic E-state index is -0.561. The van der Waals surface area contributed by atoms with Gasteiger partial charge in [0.05, 0.1) is 12.6 Å². The van der Waals surface area contributed by atoms with E-state index in [0.29, 0.717) is 12.3 Å². The molecule has 0 saturated heterocycles. The first-order chi connectivity index (χ1) is 10.2. The zero-order valence-corrected chi connectivity index (χ0v) is 11.5. The summed E-state index contributed by atoms with van der Waals surface area (Å²) >= 11 is 0. The molecule has 0 bridgehead atoms. The quantitative estimate of drug-likeness (QED) is 0.810. The number of amides is 2. The number of fused-ring (bicyclic) bond motifs is 1. The fourth-order valence-corrected chi connectivity index (χ4v) is 2.49. The molecule has 0 saturated carbocycles. The molecular weight excluding hydrogens is 266 g/mol. The highest BCUT2D eigenvalue weighted by atomic mass is 16.5. The number of hydrogen-bond donors (Lipinski definition) is 3. The molecule has 0 aromatic heterocycles. The second kappa shape index (κ2) is 5.75. The number of carbonyl (C=O) groups excluding carboxylic acids is 1. The number of carbonyl (C=O) groups is 1. The Morgan fingerprint density at radius 3 is 2.57 bits per heavy atom. The van der Waals surface area contributed by atoms with Crippen molar-refractivity contribution in [1.29, 1.82) is 0 Å². The van der Waals surface area contributed by atoms with E-state index >= 15 is 0 Å². The third kappa shape index (κ3) is 3.08. The molecule has 108 valence electrons. The van der Waals surface area contributed by atoms with Gasteiger partial charge in [0.1, 0.15) is 5.75 Å². The number of ether oxygens (including phenoxy) is 1. The molecule has 2 aromatic rings. The highest BCUT2D eigenvalue weighted by Crippen LogP contribution is 2.34. The van der Waals surface area contributed by atoms with Crippen molar-refractivity contribution in [3.8, 4) is 5.75 Å². The van der Waals surface area contributed by atoms with Crippen molar-refractivity contribution in [1.82, 2.24) is 0 Å². The van der Waals surface area contributed by atoms with Gasteiger partial charge >= 0.3 is 6.03 Å². The molecule has 1 aliphatic heterocycles. The standard InChI is InChI=1S/C16H17N3O2/c17-16(20)19-12-7-5-11(6-8-12)18-14-9-10-21-15-4-2-1-3-13(14)15/h1-8,14,18H,9-10H2,(H3,17,19,20). The van der Waals surface area contributed by atoms with Crippen molar-refractivity contribution in [3.05, 3.63) is 54.1 Å². The highest BCUT2D eigenvalue weighted by Gasteiger charge is 2.20. The van der Waals surface area contributed by atoms with Crippen LogP contribution in [0.1, 0.15) is 18.0 Å². The molecule has 0 aliphatic carbocycles. The predicted octanol–water partition coefficient (Wildman–Crippen LogP) is 3.11. The molecule has 3 rings (SSSR count). The smallest absolute Gasteiger partial charge is 0.316 e. The van der Waals surface area contributed by atoms with Gasteiger partial charge in [-0.2, -0.15) is 0 Å². The molecule has 21 heavy (non-hydrogen) atoms. The zero-order valence-electron chi connectivity index (χ0n) is 11.5. The van der Waals surface area contributed by atoms with Crippen molar-refractivity contribution >= 4 is 17.4 Å². The minimum Gasteiger partial charge on any atom is -0.493 e. The molecule has 2 amide bonds. The number of nitrogens with one attached hydrogen (secondary N) is 2. The van der Waals surface area contributed by atoms with Crippen molar-refractivity contribution in [2.75, 3.05) is 17.2 Å². The van der Waals surface area contributed by atoms with Crippen LogP contribution in [0.4, 0.5) is 16.2 Å². The molecule has 4 N–H and O–H groups in total. The van der Waals surface area contributed by atoms with Gasteiger partial charge in [-0.3, -0.25) is 0 Å². The van der Waals surface area contributed by atoms with Crippen molar-refractivity contribution in [3.63, 3.8) is 0 Å². The second-order valence-corrected chi connectivity index (χ2v) is 4.94. The number of benzene rings is 2. The third-order valence-electron chi connectivity index (χ3n) is 3.45. The maximum absolute atomic E-state index is 10.8. The van der Waals surface area contributed by atoms with E-state index in [1.165, 1.54) is 5.56 Å². The molecule has 0 spiro atoms. The van der Waals surface area contributed by atoms with Crippen LogP contribution >= 0.6 is 0 Å². The van der Waals surface area contributed by atoms with Crippen LogP contribution in [-0.2, 0) is 0 Å². The minimum absolute atomic E-state index is 0.227. The Balaban J connectivity index is 1.74. The van der Waals surface area contributed by atoms with Crippen LogP contribution < -0.4 is 21.1 Å². The highest BCUT2D eigenvalue weighted by molar-refractivity contribution is 5.87. The maximum Gasteiger partial charge on any atom is 0.316 e. The molecule has 0 radical (unpaired) electrons. The lowest BCUT2D eigenvalue weighted by Gasteiger charge is -2.27. The van der Waals surface area contributed by atoms with E-state index in [0.717, 1.165) is 17.9 Å². The van der Waals surface area contributed by atoms with Crippen LogP contribution in [0.15, 0.2) is 48.5 Å². The Bertz CT molecular complexity index is 640. The Kier molecular flexibility index (Phi) is 3.64. The summed E-state index contributed by atoms with van der Waals surface area (Å²) in [6.45, 7) is 0.704. The number of para-hydroxylation sites is 1. The van der Waals surface area contributed by atoms with Crippen molar-refractivity contribution < 1.29 is 9.53 Å². The summed E-state index contributed by atoms with van der Waals surface area (Å²) in [7, 11) is 0. The van der Waals surface area contributed by atoms with Gasteiger partial charge in [-0.15, -0.1) is 0 Å². The first kappa shape index (κ1) is 13.3. The van der Waals surface area contributed by atoms with Crippen LogP contribution in [0.2, 0.25) is 0 Å². The van der Waals surface area contributed by atoms with Gasteiger partial charge in [0, 0.05) is 23.4 Å². The number of hydrogen-bond acceptors (Lipinski definition) is 3. The average Bonchev–Trinajstić information content (AvgIpc) is 2.49. The molecule has 1 aliphatic rings. The second-order valence-electron chi connectivity index (χ2n) is 4.94. The largest absolute Gasteiger partial charge is 0.493 e. The van der Waals surface area contributed by atoms with Crippen LogP contribution in [0, 0.1) is 0 Å². The number of rotatable bonds is 3. The van der Waals surface area contributed by atoms with Gasteiger partial charge in [0.15, 0.2) is 0 Å². The monoisotopic (exact) mass is 283 g/mol. The number of primary amides is 1. The summed E-state index contributed by atoms with van der Waals surface area (Å²) in [5, 5.41) is 6.04. The number of urea groups is 1. The Labute approximate surface area is 123 Å². The van der Waals surface area contributed by atoms with E-state index in [1.54, 1.807) is 0 Å². The molecule has 2 aromatic carbocycles. The average molecular weight is 283 g/mol. The molecule has 5 nitrogen and oxygen atoms in total. The normalized spacial score (nSPS) is 16.5. The van der Waals surface area contributed by atoms with Gasteiger partial charge in [-0.25, -0.2) is 4.79 Å². The predicted molar refractivity (Wildman–Crippen MR) is 82.6 cm³/mol. The van der Waals surface area contributed by atoms with E-state index in [1.807, 2.05) is 42.5 Å². The first-order valence-electron chi connectivity index (χ1n) is 6.87. The van der Waals surface area contributed by atoms with Gasteiger partial charge in [-0.05, 0) is 30.3 Å².